The molecule has 0 spiro atoms. The van der Waals surface area contributed by atoms with E-state index in [1.165, 1.54) is 44.3 Å². The average molecular weight is 282 g/mol. The summed E-state index contributed by atoms with van der Waals surface area (Å²) in [6, 6.07) is 0. The smallest absolute Gasteiger partial charge is 0.191 e. The Labute approximate surface area is 120 Å². The summed E-state index contributed by atoms with van der Waals surface area (Å²) in [6.45, 7) is 5.61. The van der Waals surface area contributed by atoms with Crippen LogP contribution in [0.4, 0.5) is 0 Å². The Morgan fingerprint density at radius 3 is 3.00 bits per heavy atom. The maximum absolute atomic E-state index is 4.35. The van der Waals surface area contributed by atoms with Crippen molar-refractivity contribution in [3.8, 4) is 0 Å². The molecule has 0 atom stereocenters. The summed E-state index contributed by atoms with van der Waals surface area (Å²) in [7, 11) is 0. The summed E-state index contributed by atoms with van der Waals surface area (Å²) < 4.78 is 2.34. The van der Waals surface area contributed by atoms with E-state index in [-0.39, 0.29) is 0 Å². The first-order valence-electron chi connectivity index (χ1n) is 7.67. The van der Waals surface area contributed by atoms with Crippen LogP contribution in [0.5, 0.6) is 0 Å². The predicted octanol–water partition coefficient (Wildman–Crippen LogP) is 2.88. The molecule has 0 saturated carbocycles. The molecule has 19 heavy (non-hydrogen) atoms. The second-order valence-electron chi connectivity index (χ2n) is 5.17. The average Bonchev–Trinajstić information content (AvgIpc) is 2.66. The van der Waals surface area contributed by atoms with Crippen LogP contribution in [0, 0.1) is 0 Å². The number of nitrogens with one attached hydrogen (secondary N) is 1. The van der Waals surface area contributed by atoms with Crippen molar-refractivity contribution in [2.24, 2.45) is 0 Å². The fourth-order valence-electron chi connectivity index (χ4n) is 2.38. The van der Waals surface area contributed by atoms with E-state index < -0.39 is 0 Å². The number of unbranched alkanes of at least 4 members (excludes halogenated alkanes) is 1. The lowest BCUT2D eigenvalue weighted by Gasteiger charge is -2.06. The van der Waals surface area contributed by atoms with Crippen molar-refractivity contribution in [2.45, 2.75) is 63.6 Å². The van der Waals surface area contributed by atoms with Crippen LogP contribution < -0.4 is 5.32 Å². The fraction of sp³-hybridized carbons (Fsp3) is 0.857. The van der Waals surface area contributed by atoms with Gasteiger partial charge in [-0.15, -0.1) is 10.2 Å². The van der Waals surface area contributed by atoms with Crippen molar-refractivity contribution in [3.05, 3.63) is 5.82 Å². The van der Waals surface area contributed by atoms with Crippen LogP contribution >= 0.6 is 11.8 Å². The van der Waals surface area contributed by atoms with Gasteiger partial charge in [0.2, 0.25) is 0 Å². The molecule has 0 amide bonds. The number of aromatic nitrogens is 3. The maximum atomic E-state index is 4.35. The molecule has 0 saturated heterocycles. The monoisotopic (exact) mass is 282 g/mol. The highest BCUT2D eigenvalue weighted by atomic mass is 32.2. The number of thioether (sulfide) groups is 1. The van der Waals surface area contributed by atoms with Gasteiger partial charge in [-0.05, 0) is 45.2 Å². The van der Waals surface area contributed by atoms with Gasteiger partial charge in [-0.2, -0.15) is 0 Å². The van der Waals surface area contributed by atoms with Crippen molar-refractivity contribution >= 4 is 11.8 Å². The van der Waals surface area contributed by atoms with Gasteiger partial charge in [-0.25, -0.2) is 0 Å². The highest BCUT2D eigenvalue weighted by Crippen LogP contribution is 2.22. The van der Waals surface area contributed by atoms with E-state index >= 15 is 0 Å². The predicted molar refractivity (Wildman–Crippen MR) is 80.7 cm³/mol. The molecule has 0 fully saturated rings. The Bertz CT molecular complexity index is 364. The van der Waals surface area contributed by atoms with Gasteiger partial charge < -0.3 is 9.88 Å². The molecule has 0 unspecified atom stereocenters. The van der Waals surface area contributed by atoms with Crippen molar-refractivity contribution in [3.63, 3.8) is 0 Å². The number of hydrogen-bond donors (Lipinski definition) is 1. The molecule has 1 aromatic heterocycles. The molecule has 0 aliphatic carbocycles. The molecule has 5 heteroatoms. The Morgan fingerprint density at radius 1 is 1.16 bits per heavy atom. The number of aryl methyl sites for hydroxylation is 1. The lowest BCUT2D eigenvalue weighted by Crippen LogP contribution is -2.15. The molecule has 4 nitrogen and oxygen atoms in total. The third kappa shape index (κ3) is 4.80. The van der Waals surface area contributed by atoms with Crippen molar-refractivity contribution in [1.29, 1.82) is 0 Å². The zero-order valence-corrected chi connectivity index (χ0v) is 12.8. The molecule has 0 aromatic carbocycles. The summed E-state index contributed by atoms with van der Waals surface area (Å²) in [4.78, 5) is 0. The lowest BCUT2D eigenvalue weighted by molar-refractivity contribution is 0.590. The van der Waals surface area contributed by atoms with Gasteiger partial charge in [-0.1, -0.05) is 25.1 Å². The van der Waals surface area contributed by atoms with Crippen LogP contribution in [0.25, 0.3) is 0 Å². The number of fused-ring (bicyclic) bond motifs is 1. The Balaban J connectivity index is 1.67. The van der Waals surface area contributed by atoms with Crippen LogP contribution in [-0.2, 0) is 13.0 Å². The van der Waals surface area contributed by atoms with E-state index in [2.05, 4.69) is 27.0 Å². The summed E-state index contributed by atoms with van der Waals surface area (Å²) in [5, 5.41) is 13.3. The minimum absolute atomic E-state index is 1.11. The molecule has 1 N–H and O–H groups in total. The third-order valence-corrected chi connectivity index (χ3v) is 4.53. The SMILES string of the molecule is CCCNCCCCSc1nnc2n1CCCCC2. The van der Waals surface area contributed by atoms with E-state index in [0.717, 1.165) is 37.0 Å². The topological polar surface area (TPSA) is 42.7 Å². The van der Waals surface area contributed by atoms with Crippen LogP contribution in [0.2, 0.25) is 0 Å². The summed E-state index contributed by atoms with van der Waals surface area (Å²) in [5.74, 6) is 2.36. The van der Waals surface area contributed by atoms with Crippen molar-refractivity contribution in [1.82, 2.24) is 20.1 Å². The number of hydrogen-bond acceptors (Lipinski definition) is 4. The standard InChI is InChI=1S/C14H26N4S/c1-2-9-15-10-5-7-12-19-14-17-16-13-8-4-3-6-11-18(13)14/h15H,2-12H2,1H3. The van der Waals surface area contributed by atoms with E-state index in [0.29, 0.717) is 0 Å². The molecule has 1 aliphatic rings. The molecule has 2 rings (SSSR count). The summed E-state index contributed by atoms with van der Waals surface area (Å²) in [5.41, 5.74) is 0. The minimum atomic E-state index is 1.11. The van der Waals surface area contributed by atoms with E-state index in [1.807, 2.05) is 11.8 Å². The van der Waals surface area contributed by atoms with Crippen molar-refractivity contribution < 1.29 is 0 Å². The Kier molecular flexibility index (Phi) is 6.71. The Hall–Kier alpha value is -0.550. The highest BCUT2D eigenvalue weighted by molar-refractivity contribution is 7.99. The first-order valence-corrected chi connectivity index (χ1v) is 8.66. The van der Waals surface area contributed by atoms with Crippen LogP contribution in [0.1, 0.15) is 51.3 Å². The van der Waals surface area contributed by atoms with Crippen LogP contribution in [0.15, 0.2) is 5.16 Å². The van der Waals surface area contributed by atoms with Crippen molar-refractivity contribution in [2.75, 3.05) is 18.8 Å². The van der Waals surface area contributed by atoms with Gasteiger partial charge in [0.15, 0.2) is 5.16 Å². The lowest BCUT2D eigenvalue weighted by atomic mass is 10.2. The normalized spacial score (nSPS) is 15.2. The largest absolute Gasteiger partial charge is 0.317 e. The quantitative estimate of drug-likeness (QED) is 0.588. The van der Waals surface area contributed by atoms with E-state index in [9.17, 15) is 0 Å². The second kappa shape index (κ2) is 8.59. The van der Waals surface area contributed by atoms with Gasteiger partial charge in [0.1, 0.15) is 5.82 Å². The molecular formula is C14H26N4S. The summed E-state index contributed by atoms with van der Waals surface area (Å²) in [6.07, 6.45) is 8.72. The maximum Gasteiger partial charge on any atom is 0.191 e. The van der Waals surface area contributed by atoms with Gasteiger partial charge in [0.25, 0.3) is 0 Å². The number of rotatable bonds is 8. The second-order valence-corrected chi connectivity index (χ2v) is 6.23. The molecule has 1 aliphatic heterocycles. The number of nitrogens with zero attached hydrogens (tertiary/aromatic N) is 3. The molecular weight excluding hydrogens is 256 g/mol. The molecule has 2 heterocycles. The summed E-state index contributed by atoms with van der Waals surface area (Å²) >= 11 is 1.88. The molecule has 1 aromatic rings. The first-order chi connectivity index (χ1) is 9.42. The molecule has 0 radical (unpaired) electrons. The third-order valence-electron chi connectivity index (χ3n) is 3.48. The zero-order chi connectivity index (χ0) is 13.3. The van der Waals surface area contributed by atoms with Gasteiger partial charge in [0.05, 0.1) is 0 Å². The van der Waals surface area contributed by atoms with Gasteiger partial charge in [0, 0.05) is 18.7 Å². The Morgan fingerprint density at radius 2 is 2.11 bits per heavy atom. The minimum Gasteiger partial charge on any atom is -0.317 e. The van der Waals surface area contributed by atoms with Crippen LogP contribution in [-0.4, -0.2) is 33.6 Å². The highest BCUT2D eigenvalue weighted by Gasteiger charge is 2.14. The molecule has 0 bridgehead atoms. The van der Waals surface area contributed by atoms with Gasteiger partial charge in [-0.3, -0.25) is 0 Å². The fourth-order valence-corrected chi connectivity index (χ4v) is 3.36. The van der Waals surface area contributed by atoms with Gasteiger partial charge >= 0.3 is 0 Å². The van der Waals surface area contributed by atoms with E-state index in [4.69, 9.17) is 0 Å². The first kappa shape index (κ1) is 14.9. The van der Waals surface area contributed by atoms with E-state index in [1.54, 1.807) is 0 Å². The molecule has 108 valence electrons. The zero-order valence-electron chi connectivity index (χ0n) is 12.0. The van der Waals surface area contributed by atoms with Crippen LogP contribution in [0.3, 0.4) is 0 Å².